The van der Waals surface area contributed by atoms with E-state index in [1.807, 2.05) is 0 Å². The van der Waals surface area contributed by atoms with Crippen molar-refractivity contribution in [3.63, 3.8) is 0 Å². The summed E-state index contributed by atoms with van der Waals surface area (Å²) in [5, 5.41) is 2.86. The molecule has 1 amide bonds. The van der Waals surface area contributed by atoms with Gasteiger partial charge in [0.1, 0.15) is 5.75 Å². The fraction of sp³-hybridized carbons (Fsp3) is 0.588. The van der Waals surface area contributed by atoms with Crippen molar-refractivity contribution in [2.24, 2.45) is 0 Å². The van der Waals surface area contributed by atoms with Gasteiger partial charge in [-0.25, -0.2) is 12.7 Å². The highest BCUT2D eigenvalue weighted by Crippen LogP contribution is 2.25. The van der Waals surface area contributed by atoms with Crippen LogP contribution in [0.5, 0.6) is 5.75 Å². The van der Waals surface area contributed by atoms with E-state index in [0.29, 0.717) is 24.3 Å². The zero-order valence-electron chi connectivity index (χ0n) is 14.9. The summed E-state index contributed by atoms with van der Waals surface area (Å²) in [7, 11) is 0.969. The molecule has 0 spiro atoms. The van der Waals surface area contributed by atoms with Crippen molar-refractivity contribution in [1.29, 1.82) is 0 Å². The first-order valence-electron chi connectivity index (χ1n) is 8.32. The van der Waals surface area contributed by atoms with Gasteiger partial charge in [0.2, 0.25) is 15.9 Å². The van der Waals surface area contributed by atoms with E-state index in [1.165, 1.54) is 27.3 Å². The molecule has 0 aliphatic carbocycles. The van der Waals surface area contributed by atoms with Gasteiger partial charge in [-0.1, -0.05) is 0 Å². The summed E-state index contributed by atoms with van der Waals surface area (Å²) in [6.45, 7) is 1.27. The van der Waals surface area contributed by atoms with E-state index in [-0.39, 0.29) is 23.3 Å². The number of ether oxygens (including phenoxy) is 2. The molecule has 140 valence electrons. The fourth-order valence-corrected chi connectivity index (χ4v) is 3.64. The van der Waals surface area contributed by atoms with Gasteiger partial charge in [-0.15, -0.1) is 0 Å². The Bertz CT molecular complexity index is 697. The van der Waals surface area contributed by atoms with Crippen LogP contribution in [0.1, 0.15) is 24.8 Å². The largest absolute Gasteiger partial charge is 0.496 e. The minimum atomic E-state index is -3.52. The first-order chi connectivity index (χ1) is 11.8. The molecule has 1 aliphatic rings. The maximum Gasteiger partial charge on any atom is 0.242 e. The Hall–Kier alpha value is -1.64. The minimum absolute atomic E-state index is 0.0848. The predicted octanol–water partition coefficient (Wildman–Crippen LogP) is 1.17. The van der Waals surface area contributed by atoms with Crippen molar-refractivity contribution in [2.45, 2.75) is 36.7 Å². The van der Waals surface area contributed by atoms with Gasteiger partial charge < -0.3 is 14.8 Å². The lowest BCUT2D eigenvalue weighted by atomic mass is 10.1. The number of carbonyl (C=O) groups is 1. The van der Waals surface area contributed by atoms with Crippen LogP contribution in [0.2, 0.25) is 0 Å². The van der Waals surface area contributed by atoms with E-state index in [0.717, 1.165) is 23.8 Å². The lowest BCUT2D eigenvalue weighted by molar-refractivity contribution is -0.121. The molecule has 1 atom stereocenters. The Labute approximate surface area is 149 Å². The van der Waals surface area contributed by atoms with E-state index in [1.54, 1.807) is 12.1 Å². The molecule has 0 radical (unpaired) electrons. The van der Waals surface area contributed by atoms with Crippen LogP contribution in [0.3, 0.4) is 0 Å². The molecule has 0 saturated carbocycles. The van der Waals surface area contributed by atoms with E-state index in [4.69, 9.17) is 9.47 Å². The topological polar surface area (TPSA) is 84.9 Å². The molecule has 25 heavy (non-hydrogen) atoms. The second-order valence-electron chi connectivity index (χ2n) is 6.20. The number of nitrogens with zero attached hydrogens (tertiary/aromatic N) is 1. The predicted molar refractivity (Wildman–Crippen MR) is 94.2 cm³/mol. The minimum Gasteiger partial charge on any atom is -0.496 e. The standard InChI is InChI=1S/C17H26N2O5S/c1-19(2)25(21,22)15-7-8-16(23-3)13(11-15)6-9-17(20)18-12-14-5-4-10-24-14/h7-8,11,14H,4-6,9-10,12H2,1-3H3,(H,18,20). The quantitative estimate of drug-likeness (QED) is 0.743. The van der Waals surface area contributed by atoms with Crippen molar-refractivity contribution in [1.82, 2.24) is 9.62 Å². The average Bonchev–Trinajstić information content (AvgIpc) is 3.11. The number of carbonyl (C=O) groups excluding carboxylic acids is 1. The third-order valence-corrected chi connectivity index (χ3v) is 6.01. The number of nitrogens with one attached hydrogen (secondary N) is 1. The molecule has 1 N–H and O–H groups in total. The van der Waals surface area contributed by atoms with Gasteiger partial charge in [0.15, 0.2) is 0 Å². The SMILES string of the molecule is COc1ccc(S(=O)(=O)N(C)C)cc1CCC(=O)NCC1CCCO1. The summed E-state index contributed by atoms with van der Waals surface area (Å²) in [6, 6.07) is 4.70. The molecule has 2 rings (SSSR count). The maximum atomic E-state index is 12.3. The van der Waals surface area contributed by atoms with Crippen LogP contribution < -0.4 is 10.1 Å². The highest BCUT2D eigenvalue weighted by atomic mass is 32.2. The molecular formula is C17H26N2O5S. The van der Waals surface area contributed by atoms with Gasteiger partial charge in [-0.05, 0) is 43.0 Å². The molecule has 1 heterocycles. The lowest BCUT2D eigenvalue weighted by Gasteiger charge is -2.15. The number of hydrogen-bond donors (Lipinski definition) is 1. The number of amides is 1. The van der Waals surface area contributed by atoms with Crippen LogP contribution in [0.15, 0.2) is 23.1 Å². The fourth-order valence-electron chi connectivity index (χ4n) is 2.69. The Morgan fingerprint density at radius 1 is 1.40 bits per heavy atom. The number of sulfonamides is 1. The lowest BCUT2D eigenvalue weighted by Crippen LogP contribution is -2.31. The van der Waals surface area contributed by atoms with Crippen LogP contribution in [-0.4, -0.2) is 59.1 Å². The third kappa shape index (κ3) is 5.17. The van der Waals surface area contributed by atoms with Gasteiger partial charge in [0.25, 0.3) is 0 Å². The second kappa shape index (κ2) is 8.64. The van der Waals surface area contributed by atoms with Gasteiger partial charge >= 0.3 is 0 Å². The number of aryl methyl sites for hydroxylation is 1. The summed E-state index contributed by atoms with van der Waals surface area (Å²) in [5.74, 6) is 0.489. The van der Waals surface area contributed by atoms with Crippen molar-refractivity contribution < 1.29 is 22.7 Å². The Kier molecular flexibility index (Phi) is 6.80. The molecule has 1 aliphatic heterocycles. The van der Waals surface area contributed by atoms with E-state index in [2.05, 4.69) is 5.32 Å². The molecule has 1 aromatic rings. The van der Waals surface area contributed by atoms with Crippen LogP contribution in [0, 0.1) is 0 Å². The summed E-state index contributed by atoms with van der Waals surface area (Å²) in [5.41, 5.74) is 0.692. The number of methoxy groups -OCH3 is 1. The van der Waals surface area contributed by atoms with Crippen LogP contribution in [-0.2, 0) is 26.0 Å². The van der Waals surface area contributed by atoms with Crippen molar-refractivity contribution in [2.75, 3.05) is 34.4 Å². The second-order valence-corrected chi connectivity index (χ2v) is 8.35. The molecule has 1 saturated heterocycles. The summed E-state index contributed by atoms with van der Waals surface area (Å²) in [6.07, 6.45) is 2.77. The Morgan fingerprint density at radius 2 is 2.16 bits per heavy atom. The number of rotatable bonds is 8. The number of hydrogen-bond acceptors (Lipinski definition) is 5. The molecular weight excluding hydrogens is 344 g/mol. The van der Waals surface area contributed by atoms with Gasteiger partial charge in [0, 0.05) is 33.7 Å². The molecule has 0 bridgehead atoms. The van der Waals surface area contributed by atoms with Crippen molar-refractivity contribution >= 4 is 15.9 Å². The Morgan fingerprint density at radius 3 is 2.76 bits per heavy atom. The Balaban J connectivity index is 2.00. The summed E-state index contributed by atoms with van der Waals surface area (Å²) in [4.78, 5) is 12.2. The van der Waals surface area contributed by atoms with Crippen molar-refractivity contribution in [3.8, 4) is 5.75 Å². The summed E-state index contributed by atoms with van der Waals surface area (Å²) >= 11 is 0. The van der Waals surface area contributed by atoms with Gasteiger partial charge in [-0.3, -0.25) is 4.79 Å². The first-order valence-corrected chi connectivity index (χ1v) is 9.76. The molecule has 8 heteroatoms. The van der Waals surface area contributed by atoms with Crippen LogP contribution in [0.25, 0.3) is 0 Å². The van der Waals surface area contributed by atoms with E-state index >= 15 is 0 Å². The molecule has 0 aromatic heterocycles. The monoisotopic (exact) mass is 370 g/mol. The highest BCUT2D eigenvalue weighted by molar-refractivity contribution is 7.89. The zero-order chi connectivity index (χ0) is 18.4. The first kappa shape index (κ1) is 19.7. The van der Waals surface area contributed by atoms with Gasteiger partial charge in [-0.2, -0.15) is 0 Å². The molecule has 7 nitrogen and oxygen atoms in total. The normalized spacial score (nSPS) is 17.7. The number of benzene rings is 1. The molecule has 1 fully saturated rings. The highest BCUT2D eigenvalue weighted by Gasteiger charge is 2.20. The zero-order valence-corrected chi connectivity index (χ0v) is 15.8. The van der Waals surface area contributed by atoms with E-state index in [9.17, 15) is 13.2 Å². The average molecular weight is 370 g/mol. The third-order valence-electron chi connectivity index (χ3n) is 4.20. The maximum absolute atomic E-state index is 12.3. The molecule has 1 aromatic carbocycles. The smallest absolute Gasteiger partial charge is 0.242 e. The van der Waals surface area contributed by atoms with Crippen LogP contribution in [0.4, 0.5) is 0 Å². The van der Waals surface area contributed by atoms with E-state index < -0.39 is 10.0 Å². The van der Waals surface area contributed by atoms with Crippen LogP contribution >= 0.6 is 0 Å². The molecule has 1 unspecified atom stereocenters. The van der Waals surface area contributed by atoms with Crippen molar-refractivity contribution in [3.05, 3.63) is 23.8 Å². The summed E-state index contributed by atoms with van der Waals surface area (Å²) < 4.78 is 36.4. The van der Waals surface area contributed by atoms with Gasteiger partial charge in [0.05, 0.1) is 18.1 Å².